The van der Waals surface area contributed by atoms with Crippen LogP contribution < -0.4 is 5.32 Å². The Morgan fingerprint density at radius 2 is 1.95 bits per heavy atom. The molecule has 1 atom stereocenters. The van der Waals surface area contributed by atoms with Crippen LogP contribution in [0.15, 0.2) is 46.9 Å². The fraction of sp³-hybridized carbons (Fsp3) is 0.294. The van der Waals surface area contributed by atoms with Gasteiger partial charge < -0.3 is 5.32 Å². The molecular formula is C17H19BrFN. The molecule has 0 saturated heterocycles. The Balaban J connectivity index is 2.11. The Morgan fingerprint density at radius 1 is 1.20 bits per heavy atom. The third-order valence-corrected chi connectivity index (χ3v) is 4.12. The molecule has 0 heterocycles. The van der Waals surface area contributed by atoms with Gasteiger partial charge in [0.2, 0.25) is 0 Å². The average molecular weight is 336 g/mol. The maximum atomic E-state index is 14.1. The van der Waals surface area contributed by atoms with E-state index in [1.807, 2.05) is 19.2 Å². The Labute approximate surface area is 128 Å². The molecule has 0 aliphatic heterocycles. The molecule has 0 fully saturated rings. The maximum absolute atomic E-state index is 14.1. The summed E-state index contributed by atoms with van der Waals surface area (Å²) in [5.41, 5.74) is 3.27. The van der Waals surface area contributed by atoms with Crippen molar-refractivity contribution in [2.45, 2.75) is 25.8 Å². The molecule has 0 bridgehead atoms. The van der Waals surface area contributed by atoms with Crippen molar-refractivity contribution in [1.82, 2.24) is 5.32 Å². The molecule has 0 radical (unpaired) electrons. The van der Waals surface area contributed by atoms with Crippen LogP contribution in [0.25, 0.3) is 0 Å². The molecule has 0 aliphatic rings. The summed E-state index contributed by atoms with van der Waals surface area (Å²) in [5.74, 6) is -0.170. The highest BCUT2D eigenvalue weighted by atomic mass is 79.9. The van der Waals surface area contributed by atoms with Crippen molar-refractivity contribution in [3.63, 3.8) is 0 Å². The van der Waals surface area contributed by atoms with E-state index in [4.69, 9.17) is 0 Å². The van der Waals surface area contributed by atoms with Crippen LogP contribution in [0.5, 0.6) is 0 Å². The molecule has 0 saturated carbocycles. The zero-order valence-electron chi connectivity index (χ0n) is 11.8. The van der Waals surface area contributed by atoms with Gasteiger partial charge in [-0.3, -0.25) is 0 Å². The highest BCUT2D eigenvalue weighted by Crippen LogP contribution is 2.26. The first kappa shape index (κ1) is 15.2. The maximum Gasteiger partial charge on any atom is 0.142 e. The van der Waals surface area contributed by atoms with Gasteiger partial charge in [-0.05, 0) is 54.4 Å². The summed E-state index contributed by atoms with van der Waals surface area (Å²) in [7, 11) is 1.88. The monoisotopic (exact) mass is 335 g/mol. The summed E-state index contributed by atoms with van der Waals surface area (Å²) in [6.45, 7) is 2.09. The Hall–Kier alpha value is -1.19. The fourth-order valence-electron chi connectivity index (χ4n) is 2.42. The molecule has 0 aromatic heterocycles. The largest absolute Gasteiger partial charge is 0.313 e. The van der Waals surface area contributed by atoms with Gasteiger partial charge in [0, 0.05) is 11.6 Å². The van der Waals surface area contributed by atoms with E-state index in [1.54, 1.807) is 6.07 Å². The van der Waals surface area contributed by atoms with Crippen LogP contribution in [-0.4, -0.2) is 7.05 Å². The van der Waals surface area contributed by atoms with Crippen molar-refractivity contribution in [1.29, 1.82) is 0 Å². The van der Waals surface area contributed by atoms with Gasteiger partial charge in [-0.1, -0.05) is 42.0 Å². The number of hydrogen-bond acceptors (Lipinski definition) is 1. The molecule has 1 N–H and O–H groups in total. The zero-order valence-corrected chi connectivity index (χ0v) is 13.4. The summed E-state index contributed by atoms with van der Waals surface area (Å²) in [5, 5.41) is 3.21. The molecule has 0 amide bonds. The molecule has 3 heteroatoms. The summed E-state index contributed by atoms with van der Waals surface area (Å²) in [6, 6.07) is 13.9. The molecule has 20 heavy (non-hydrogen) atoms. The molecule has 106 valence electrons. The van der Waals surface area contributed by atoms with Crippen LogP contribution in [0.1, 0.15) is 29.2 Å². The lowest BCUT2D eigenvalue weighted by Gasteiger charge is -2.18. The molecular weight excluding hydrogens is 317 g/mol. The standard InChI is InChI=1S/C17H19BrFN/c1-12-5-3-6-13(11-12)9-10-16(20-2)14-7-4-8-15(18)17(14)19/h3-8,11,16,20H,9-10H2,1-2H3. The lowest BCUT2D eigenvalue weighted by atomic mass is 9.98. The predicted molar refractivity (Wildman–Crippen MR) is 85.4 cm³/mol. The first-order valence-electron chi connectivity index (χ1n) is 6.78. The number of nitrogens with one attached hydrogen (secondary N) is 1. The van der Waals surface area contributed by atoms with Crippen molar-refractivity contribution >= 4 is 15.9 Å². The van der Waals surface area contributed by atoms with Crippen LogP contribution in [-0.2, 0) is 6.42 Å². The average Bonchev–Trinajstić information content (AvgIpc) is 2.44. The van der Waals surface area contributed by atoms with Gasteiger partial charge >= 0.3 is 0 Å². The van der Waals surface area contributed by atoms with Crippen LogP contribution in [0.3, 0.4) is 0 Å². The van der Waals surface area contributed by atoms with Gasteiger partial charge in [-0.25, -0.2) is 4.39 Å². The molecule has 1 unspecified atom stereocenters. The van der Waals surface area contributed by atoms with Crippen molar-refractivity contribution < 1.29 is 4.39 Å². The number of rotatable bonds is 5. The minimum absolute atomic E-state index is 0.0213. The van der Waals surface area contributed by atoms with Gasteiger partial charge in [0.25, 0.3) is 0 Å². The van der Waals surface area contributed by atoms with Gasteiger partial charge in [-0.15, -0.1) is 0 Å². The smallest absolute Gasteiger partial charge is 0.142 e. The molecule has 1 nitrogen and oxygen atoms in total. The second-order valence-electron chi connectivity index (χ2n) is 5.01. The van der Waals surface area contributed by atoms with Crippen molar-refractivity contribution in [2.24, 2.45) is 0 Å². The van der Waals surface area contributed by atoms with Crippen molar-refractivity contribution in [2.75, 3.05) is 7.05 Å². The second kappa shape index (κ2) is 7.00. The molecule has 2 aromatic carbocycles. The normalized spacial score (nSPS) is 12.4. The SMILES string of the molecule is CNC(CCc1cccc(C)c1)c1cccc(Br)c1F. The van der Waals surface area contributed by atoms with Crippen molar-refractivity contribution in [3.8, 4) is 0 Å². The predicted octanol–water partition coefficient (Wildman–Crippen LogP) is 4.79. The third kappa shape index (κ3) is 3.68. The minimum atomic E-state index is -0.170. The number of aryl methyl sites for hydroxylation is 2. The van der Waals surface area contributed by atoms with Crippen LogP contribution in [0.4, 0.5) is 4.39 Å². The lowest BCUT2D eigenvalue weighted by Crippen LogP contribution is -2.18. The second-order valence-corrected chi connectivity index (χ2v) is 5.87. The van der Waals surface area contributed by atoms with E-state index in [0.717, 1.165) is 18.4 Å². The van der Waals surface area contributed by atoms with E-state index in [9.17, 15) is 4.39 Å². The zero-order chi connectivity index (χ0) is 14.5. The van der Waals surface area contributed by atoms with Gasteiger partial charge in [0.05, 0.1) is 4.47 Å². The van der Waals surface area contributed by atoms with E-state index >= 15 is 0 Å². The van der Waals surface area contributed by atoms with E-state index in [-0.39, 0.29) is 11.9 Å². The molecule has 2 aromatic rings. The van der Waals surface area contributed by atoms with Crippen molar-refractivity contribution in [3.05, 3.63) is 69.4 Å². The number of benzene rings is 2. The van der Waals surface area contributed by atoms with E-state index in [0.29, 0.717) is 4.47 Å². The van der Waals surface area contributed by atoms with E-state index in [1.165, 1.54) is 11.1 Å². The molecule has 0 spiro atoms. The summed E-state index contributed by atoms with van der Waals surface area (Å²) in [4.78, 5) is 0. The Bertz CT molecular complexity index is 583. The number of hydrogen-bond donors (Lipinski definition) is 1. The molecule has 2 rings (SSSR count). The Morgan fingerprint density at radius 3 is 2.65 bits per heavy atom. The van der Waals surface area contributed by atoms with Crippen LogP contribution >= 0.6 is 15.9 Å². The highest BCUT2D eigenvalue weighted by molar-refractivity contribution is 9.10. The number of halogens is 2. The van der Waals surface area contributed by atoms with Gasteiger partial charge in [0.15, 0.2) is 0 Å². The van der Waals surface area contributed by atoms with E-state index in [2.05, 4.69) is 52.4 Å². The Kier molecular flexibility index (Phi) is 5.32. The summed E-state index contributed by atoms with van der Waals surface area (Å²) >= 11 is 3.25. The van der Waals surface area contributed by atoms with Gasteiger partial charge in [-0.2, -0.15) is 0 Å². The van der Waals surface area contributed by atoms with Crippen LogP contribution in [0, 0.1) is 12.7 Å². The minimum Gasteiger partial charge on any atom is -0.313 e. The highest BCUT2D eigenvalue weighted by Gasteiger charge is 2.15. The summed E-state index contributed by atoms with van der Waals surface area (Å²) in [6.07, 6.45) is 1.80. The summed E-state index contributed by atoms with van der Waals surface area (Å²) < 4.78 is 14.7. The first-order chi connectivity index (χ1) is 9.61. The lowest BCUT2D eigenvalue weighted by molar-refractivity contribution is 0.506. The third-order valence-electron chi connectivity index (χ3n) is 3.51. The quantitative estimate of drug-likeness (QED) is 0.828. The molecule has 0 aliphatic carbocycles. The van der Waals surface area contributed by atoms with Gasteiger partial charge in [0.1, 0.15) is 5.82 Å². The first-order valence-corrected chi connectivity index (χ1v) is 7.58. The van der Waals surface area contributed by atoms with Crippen LogP contribution in [0.2, 0.25) is 0 Å². The fourth-order valence-corrected chi connectivity index (χ4v) is 2.81. The van der Waals surface area contributed by atoms with E-state index < -0.39 is 0 Å². The topological polar surface area (TPSA) is 12.0 Å².